The van der Waals surface area contributed by atoms with Gasteiger partial charge in [0.15, 0.2) is 0 Å². The number of esters is 1. The number of methoxy groups -OCH3 is 1. The zero-order chi connectivity index (χ0) is 15.9. The van der Waals surface area contributed by atoms with Crippen molar-refractivity contribution in [3.63, 3.8) is 0 Å². The molecule has 1 aliphatic heterocycles. The standard InChI is InChI=1S/C14H24N2O4/c1-13(2,3)10(11(15)18)14(4,5)16-8(7-9(16)17)12(19)20-6/h8,10H,7H2,1-6H3,(H2,15,18)/t8-,10-/m0/s1. The smallest absolute Gasteiger partial charge is 0.329 e. The number of amides is 2. The van der Waals surface area contributed by atoms with Crippen LogP contribution in [0.2, 0.25) is 0 Å². The number of ether oxygens (including phenoxy) is 1. The predicted molar refractivity (Wildman–Crippen MR) is 73.5 cm³/mol. The molecule has 0 aromatic carbocycles. The monoisotopic (exact) mass is 284 g/mol. The maximum Gasteiger partial charge on any atom is 0.329 e. The van der Waals surface area contributed by atoms with E-state index < -0.39 is 34.8 Å². The summed E-state index contributed by atoms with van der Waals surface area (Å²) in [5.41, 5.74) is 4.26. The second-order valence-electron chi connectivity index (χ2n) is 6.86. The quantitative estimate of drug-likeness (QED) is 0.607. The minimum atomic E-state index is -0.849. The number of rotatable bonds is 4. The van der Waals surface area contributed by atoms with Crippen LogP contribution in [-0.4, -0.2) is 41.4 Å². The van der Waals surface area contributed by atoms with Gasteiger partial charge in [-0.1, -0.05) is 20.8 Å². The average Bonchev–Trinajstić information content (AvgIpc) is 2.20. The fourth-order valence-corrected chi connectivity index (χ4v) is 3.44. The molecule has 0 saturated carbocycles. The number of nitrogens with two attached hydrogens (primary N) is 1. The summed E-state index contributed by atoms with van der Waals surface area (Å²) in [6.07, 6.45) is 0.117. The highest BCUT2D eigenvalue weighted by molar-refractivity contribution is 5.96. The fourth-order valence-electron chi connectivity index (χ4n) is 3.44. The van der Waals surface area contributed by atoms with Crippen LogP contribution < -0.4 is 5.73 Å². The van der Waals surface area contributed by atoms with Crippen LogP contribution in [0.25, 0.3) is 0 Å². The first kappa shape index (κ1) is 16.5. The van der Waals surface area contributed by atoms with Crippen LogP contribution in [0.4, 0.5) is 0 Å². The molecule has 1 heterocycles. The highest BCUT2D eigenvalue weighted by atomic mass is 16.5. The van der Waals surface area contributed by atoms with Gasteiger partial charge in [-0.15, -0.1) is 0 Å². The van der Waals surface area contributed by atoms with E-state index in [0.717, 1.165) is 0 Å². The second kappa shape index (κ2) is 5.07. The van der Waals surface area contributed by atoms with Crippen molar-refractivity contribution in [2.45, 2.75) is 52.6 Å². The third-order valence-electron chi connectivity index (χ3n) is 3.90. The van der Waals surface area contributed by atoms with Gasteiger partial charge in [-0.05, 0) is 19.3 Å². The van der Waals surface area contributed by atoms with Gasteiger partial charge in [-0.25, -0.2) is 4.79 Å². The largest absolute Gasteiger partial charge is 0.467 e. The van der Waals surface area contributed by atoms with Crippen molar-refractivity contribution < 1.29 is 19.1 Å². The third-order valence-corrected chi connectivity index (χ3v) is 3.90. The predicted octanol–water partition coefficient (Wildman–Crippen LogP) is 0.686. The summed E-state index contributed by atoms with van der Waals surface area (Å²) in [6.45, 7) is 9.20. The van der Waals surface area contributed by atoms with E-state index in [1.807, 2.05) is 20.8 Å². The summed E-state index contributed by atoms with van der Waals surface area (Å²) in [5, 5.41) is 0. The zero-order valence-electron chi connectivity index (χ0n) is 13.0. The number of likely N-dealkylation sites (tertiary alicyclic amines) is 1. The molecule has 6 nitrogen and oxygen atoms in total. The van der Waals surface area contributed by atoms with Gasteiger partial charge in [-0.2, -0.15) is 0 Å². The fraction of sp³-hybridized carbons (Fsp3) is 0.786. The van der Waals surface area contributed by atoms with E-state index in [2.05, 4.69) is 0 Å². The number of hydrogen-bond acceptors (Lipinski definition) is 4. The lowest BCUT2D eigenvalue weighted by Gasteiger charge is -2.54. The molecule has 2 atom stereocenters. The van der Waals surface area contributed by atoms with Crippen LogP contribution in [0.5, 0.6) is 0 Å². The third kappa shape index (κ3) is 2.64. The number of hydrogen-bond donors (Lipinski definition) is 1. The van der Waals surface area contributed by atoms with E-state index in [9.17, 15) is 14.4 Å². The first-order valence-electron chi connectivity index (χ1n) is 6.64. The first-order chi connectivity index (χ1) is 8.94. The van der Waals surface area contributed by atoms with E-state index >= 15 is 0 Å². The molecule has 114 valence electrons. The maximum absolute atomic E-state index is 11.9. The van der Waals surface area contributed by atoms with Crippen molar-refractivity contribution in [1.82, 2.24) is 4.90 Å². The second-order valence-corrected chi connectivity index (χ2v) is 6.86. The Labute approximate surface area is 119 Å². The molecule has 1 fully saturated rings. The van der Waals surface area contributed by atoms with Gasteiger partial charge in [0.1, 0.15) is 6.04 Å². The Morgan fingerprint density at radius 3 is 2.10 bits per heavy atom. The summed E-state index contributed by atoms with van der Waals surface area (Å²) in [6, 6.07) is -0.633. The van der Waals surface area contributed by atoms with E-state index in [1.54, 1.807) is 13.8 Å². The molecule has 0 radical (unpaired) electrons. The minimum absolute atomic E-state index is 0.117. The highest BCUT2D eigenvalue weighted by Gasteiger charge is 2.55. The van der Waals surface area contributed by atoms with Crippen LogP contribution in [-0.2, 0) is 19.1 Å². The topological polar surface area (TPSA) is 89.7 Å². The number of β-lactam (4-membered cyclic amide) rings is 1. The molecule has 1 rings (SSSR count). The zero-order valence-corrected chi connectivity index (χ0v) is 13.0. The van der Waals surface area contributed by atoms with Crippen molar-refractivity contribution >= 4 is 17.8 Å². The molecule has 0 aromatic heterocycles. The Kier molecular flexibility index (Phi) is 4.17. The van der Waals surface area contributed by atoms with Gasteiger partial charge in [0.05, 0.1) is 25.0 Å². The van der Waals surface area contributed by atoms with Crippen LogP contribution in [0.1, 0.15) is 41.0 Å². The van der Waals surface area contributed by atoms with Gasteiger partial charge >= 0.3 is 5.97 Å². The van der Waals surface area contributed by atoms with Gasteiger partial charge in [-0.3, -0.25) is 9.59 Å². The van der Waals surface area contributed by atoms with Crippen LogP contribution in [0, 0.1) is 11.3 Å². The average molecular weight is 284 g/mol. The number of carbonyl (C=O) groups is 3. The molecule has 6 heteroatoms. The molecule has 0 unspecified atom stereocenters. The van der Waals surface area contributed by atoms with Crippen LogP contribution in [0.15, 0.2) is 0 Å². The Balaban J connectivity index is 3.16. The lowest BCUT2D eigenvalue weighted by Crippen LogP contribution is -2.69. The molecule has 0 spiro atoms. The van der Waals surface area contributed by atoms with Crippen LogP contribution >= 0.6 is 0 Å². The molecule has 0 aliphatic carbocycles. The maximum atomic E-state index is 11.9. The number of carbonyl (C=O) groups excluding carboxylic acids is 3. The van der Waals surface area contributed by atoms with E-state index in [4.69, 9.17) is 10.5 Å². The Morgan fingerprint density at radius 2 is 1.80 bits per heavy atom. The van der Waals surface area contributed by atoms with Crippen molar-refractivity contribution in [1.29, 1.82) is 0 Å². The number of primary amides is 1. The van der Waals surface area contributed by atoms with Crippen LogP contribution in [0.3, 0.4) is 0 Å². The van der Waals surface area contributed by atoms with E-state index in [1.165, 1.54) is 12.0 Å². The SMILES string of the molecule is COC(=O)[C@@H]1CC(=O)N1C(C)(C)[C@@H](C(N)=O)C(C)(C)C. The number of nitrogens with zero attached hydrogens (tertiary/aromatic N) is 1. The molecular weight excluding hydrogens is 260 g/mol. The summed E-state index contributed by atoms with van der Waals surface area (Å²) in [5.74, 6) is -1.69. The molecule has 2 amide bonds. The van der Waals surface area contributed by atoms with E-state index in [0.29, 0.717) is 0 Å². The Bertz CT molecular complexity index is 437. The Hall–Kier alpha value is -1.59. The van der Waals surface area contributed by atoms with Crippen molar-refractivity contribution in [2.75, 3.05) is 7.11 Å². The normalized spacial score (nSPS) is 21.2. The molecular formula is C14H24N2O4. The molecule has 1 aliphatic rings. The van der Waals surface area contributed by atoms with Gasteiger partial charge in [0.25, 0.3) is 0 Å². The molecule has 1 saturated heterocycles. The summed E-state index contributed by atoms with van der Waals surface area (Å²) in [4.78, 5) is 36.9. The van der Waals surface area contributed by atoms with Crippen molar-refractivity contribution in [2.24, 2.45) is 17.1 Å². The van der Waals surface area contributed by atoms with Crippen molar-refractivity contribution in [3.05, 3.63) is 0 Å². The van der Waals surface area contributed by atoms with Gasteiger partial charge < -0.3 is 15.4 Å². The highest BCUT2D eigenvalue weighted by Crippen LogP contribution is 2.42. The molecule has 20 heavy (non-hydrogen) atoms. The summed E-state index contributed by atoms with van der Waals surface area (Å²) in [7, 11) is 1.28. The van der Waals surface area contributed by atoms with Gasteiger partial charge in [0.2, 0.25) is 11.8 Å². The molecule has 0 bridgehead atoms. The Morgan fingerprint density at radius 1 is 1.30 bits per heavy atom. The minimum Gasteiger partial charge on any atom is -0.467 e. The van der Waals surface area contributed by atoms with E-state index in [-0.39, 0.29) is 12.3 Å². The van der Waals surface area contributed by atoms with Gasteiger partial charge in [0, 0.05) is 0 Å². The summed E-state index contributed by atoms with van der Waals surface area (Å²) < 4.78 is 4.70. The first-order valence-corrected chi connectivity index (χ1v) is 6.64. The van der Waals surface area contributed by atoms with Crippen molar-refractivity contribution in [3.8, 4) is 0 Å². The lowest BCUT2D eigenvalue weighted by molar-refractivity contribution is -0.178. The molecule has 2 N–H and O–H groups in total. The summed E-state index contributed by atoms with van der Waals surface area (Å²) >= 11 is 0. The molecule has 0 aromatic rings. The lowest BCUT2D eigenvalue weighted by atomic mass is 9.67.